The summed E-state index contributed by atoms with van der Waals surface area (Å²) in [6, 6.07) is 18.8. The van der Waals surface area contributed by atoms with Crippen molar-refractivity contribution in [3.05, 3.63) is 95.7 Å². The summed E-state index contributed by atoms with van der Waals surface area (Å²) in [7, 11) is 0. The van der Waals surface area contributed by atoms with Gasteiger partial charge in [-0.15, -0.1) is 0 Å². The number of hydrogen-bond acceptors (Lipinski definition) is 4. The largest absolute Gasteiger partial charge is 0.466 e. The molecule has 1 aliphatic rings. The Bertz CT molecular complexity index is 1480. The first-order valence-electron chi connectivity index (χ1n) is 14.0. The van der Waals surface area contributed by atoms with Crippen molar-refractivity contribution in [3.8, 4) is 11.1 Å². The van der Waals surface area contributed by atoms with Crippen molar-refractivity contribution < 1.29 is 18.7 Å². The van der Waals surface area contributed by atoms with E-state index in [0.29, 0.717) is 36.2 Å². The fourth-order valence-electron chi connectivity index (χ4n) is 5.66. The van der Waals surface area contributed by atoms with E-state index in [9.17, 15) is 14.0 Å². The lowest BCUT2D eigenvalue weighted by molar-refractivity contribution is -0.144. The van der Waals surface area contributed by atoms with Crippen LogP contribution in [0.1, 0.15) is 80.4 Å². The number of nitrogens with one attached hydrogen (secondary N) is 1. The second-order valence-corrected chi connectivity index (χ2v) is 11.2. The molecule has 5 rings (SSSR count). The summed E-state index contributed by atoms with van der Waals surface area (Å²) in [5.41, 5.74) is 4.59. The Hall–Kier alpha value is -4.00. The Labute approximate surface area is 234 Å². The molecule has 6 nitrogen and oxygen atoms in total. The number of ether oxygens (including phenoxy) is 1. The maximum absolute atomic E-state index is 13.3. The molecular formula is C33H36FN3O3. The van der Waals surface area contributed by atoms with Gasteiger partial charge in [0.2, 0.25) is 0 Å². The molecule has 0 saturated heterocycles. The van der Waals surface area contributed by atoms with E-state index in [4.69, 9.17) is 4.74 Å². The van der Waals surface area contributed by atoms with E-state index < -0.39 is 5.54 Å². The molecule has 1 saturated carbocycles. The number of rotatable bonds is 8. The van der Waals surface area contributed by atoms with Crippen molar-refractivity contribution in [1.29, 1.82) is 0 Å². The number of aromatic nitrogens is 2. The zero-order valence-corrected chi connectivity index (χ0v) is 23.3. The van der Waals surface area contributed by atoms with Crippen LogP contribution in [0.3, 0.4) is 0 Å². The molecule has 40 heavy (non-hydrogen) atoms. The molecule has 0 spiro atoms. The van der Waals surface area contributed by atoms with Gasteiger partial charge in [-0.05, 0) is 105 Å². The minimum Gasteiger partial charge on any atom is -0.466 e. The van der Waals surface area contributed by atoms with Gasteiger partial charge in [0.25, 0.3) is 5.91 Å². The molecule has 1 amide bonds. The third-order valence-corrected chi connectivity index (χ3v) is 8.00. The van der Waals surface area contributed by atoms with Gasteiger partial charge in [0, 0.05) is 18.8 Å². The molecule has 0 atom stereocenters. The number of carbonyl (C=O) groups is 2. The van der Waals surface area contributed by atoms with Crippen LogP contribution in [0.2, 0.25) is 0 Å². The second-order valence-electron chi connectivity index (χ2n) is 11.2. The van der Waals surface area contributed by atoms with Crippen molar-refractivity contribution in [1.82, 2.24) is 14.7 Å². The lowest BCUT2D eigenvalue weighted by atomic mass is 9.77. The van der Waals surface area contributed by atoms with Crippen molar-refractivity contribution in [2.75, 3.05) is 6.61 Å². The summed E-state index contributed by atoms with van der Waals surface area (Å²) in [6.07, 6.45) is 8.54. The van der Waals surface area contributed by atoms with Gasteiger partial charge in [-0.2, -0.15) is 0 Å². The molecule has 0 aliphatic heterocycles. The smallest absolute Gasteiger partial charge is 0.306 e. The number of halogens is 1. The summed E-state index contributed by atoms with van der Waals surface area (Å²) in [4.78, 5) is 29.4. The lowest BCUT2D eigenvalue weighted by Crippen LogP contribution is -2.41. The van der Waals surface area contributed by atoms with Crippen LogP contribution in [0.5, 0.6) is 0 Å². The zero-order chi connectivity index (χ0) is 28.3. The van der Waals surface area contributed by atoms with E-state index >= 15 is 0 Å². The van der Waals surface area contributed by atoms with Gasteiger partial charge in [0.1, 0.15) is 17.2 Å². The van der Waals surface area contributed by atoms with Crippen molar-refractivity contribution in [3.63, 3.8) is 0 Å². The lowest BCUT2D eigenvalue weighted by Gasteiger charge is -2.28. The minimum atomic E-state index is -0.687. The molecule has 1 fully saturated rings. The van der Waals surface area contributed by atoms with Crippen molar-refractivity contribution in [2.45, 2.75) is 64.3 Å². The first-order valence-corrected chi connectivity index (χ1v) is 14.0. The Morgan fingerprint density at radius 2 is 1.62 bits per heavy atom. The van der Waals surface area contributed by atoms with Crippen LogP contribution in [0.15, 0.2) is 73.1 Å². The maximum atomic E-state index is 13.3. The number of amides is 1. The monoisotopic (exact) mass is 541 g/mol. The molecule has 2 aromatic heterocycles. The van der Waals surface area contributed by atoms with Crippen LogP contribution in [0.25, 0.3) is 16.8 Å². The number of hydrogen-bond donors (Lipinski definition) is 1. The van der Waals surface area contributed by atoms with Gasteiger partial charge in [-0.3, -0.25) is 9.59 Å². The molecule has 1 aliphatic carbocycles. The van der Waals surface area contributed by atoms with E-state index in [1.165, 1.54) is 17.7 Å². The first kappa shape index (κ1) is 27.6. The summed E-state index contributed by atoms with van der Waals surface area (Å²) in [6.45, 7) is 6.06. The SMILES string of the molecule is CCOC(=O)CC1CCC(c2ccc(-c3ccc4nc(C(=O)NC(C)(C)c5ccc(F)cc5)cn4c3)cc2)CC1. The standard InChI is InChI=1S/C33H36FN3O3/c1-4-40-31(38)19-22-5-7-23(8-6-22)24-9-11-25(12-10-24)26-13-18-30-35-29(21-37(30)20-26)32(39)36-33(2,3)27-14-16-28(34)17-15-27/h9-18,20-23H,4-8,19H2,1-3H3,(H,36,39). The van der Waals surface area contributed by atoms with Crippen LogP contribution in [0.4, 0.5) is 4.39 Å². The van der Waals surface area contributed by atoms with E-state index in [-0.39, 0.29) is 17.7 Å². The number of fused-ring (bicyclic) bond motifs is 1. The van der Waals surface area contributed by atoms with Gasteiger partial charge in [0.05, 0.1) is 12.1 Å². The van der Waals surface area contributed by atoms with Crippen LogP contribution in [-0.2, 0) is 15.1 Å². The molecule has 2 heterocycles. The molecule has 0 radical (unpaired) electrons. The third-order valence-electron chi connectivity index (χ3n) is 8.00. The van der Waals surface area contributed by atoms with Crippen molar-refractivity contribution >= 4 is 17.5 Å². The molecule has 208 valence electrons. The van der Waals surface area contributed by atoms with E-state index in [1.54, 1.807) is 18.3 Å². The predicted octanol–water partition coefficient (Wildman–Crippen LogP) is 7.03. The number of pyridine rings is 1. The van der Waals surface area contributed by atoms with Gasteiger partial charge in [-0.25, -0.2) is 9.37 Å². The van der Waals surface area contributed by atoms with E-state index in [2.05, 4.69) is 34.6 Å². The van der Waals surface area contributed by atoms with E-state index in [0.717, 1.165) is 42.4 Å². The molecule has 1 N–H and O–H groups in total. The molecule has 4 aromatic rings. The molecule has 0 bridgehead atoms. The normalized spacial score (nSPS) is 17.5. The number of nitrogens with zero attached hydrogens (tertiary/aromatic N) is 2. The molecule has 2 aromatic carbocycles. The molecule has 0 unspecified atom stereocenters. The highest BCUT2D eigenvalue weighted by Gasteiger charge is 2.26. The van der Waals surface area contributed by atoms with Gasteiger partial charge < -0.3 is 14.5 Å². The van der Waals surface area contributed by atoms with Gasteiger partial charge >= 0.3 is 5.97 Å². The van der Waals surface area contributed by atoms with Crippen LogP contribution in [0, 0.1) is 11.7 Å². The summed E-state index contributed by atoms with van der Waals surface area (Å²) >= 11 is 0. The highest BCUT2D eigenvalue weighted by Crippen LogP contribution is 2.37. The number of carbonyl (C=O) groups excluding carboxylic acids is 2. The second kappa shape index (κ2) is 11.6. The third kappa shape index (κ3) is 6.24. The molecule has 7 heteroatoms. The Morgan fingerprint density at radius 3 is 2.30 bits per heavy atom. The van der Waals surface area contributed by atoms with Crippen LogP contribution >= 0.6 is 0 Å². The maximum Gasteiger partial charge on any atom is 0.306 e. The highest BCUT2D eigenvalue weighted by molar-refractivity contribution is 5.93. The zero-order valence-electron chi connectivity index (χ0n) is 23.3. The Morgan fingerprint density at radius 1 is 0.950 bits per heavy atom. The molecular weight excluding hydrogens is 505 g/mol. The van der Waals surface area contributed by atoms with Crippen molar-refractivity contribution in [2.24, 2.45) is 5.92 Å². The first-order chi connectivity index (χ1) is 19.2. The van der Waals surface area contributed by atoms with E-state index in [1.807, 2.05) is 43.5 Å². The minimum absolute atomic E-state index is 0.0771. The van der Waals surface area contributed by atoms with Crippen LogP contribution in [-0.4, -0.2) is 27.9 Å². The van der Waals surface area contributed by atoms with Gasteiger partial charge in [-0.1, -0.05) is 36.4 Å². The fourth-order valence-corrected chi connectivity index (χ4v) is 5.66. The summed E-state index contributed by atoms with van der Waals surface area (Å²) in [5, 5.41) is 3.01. The van der Waals surface area contributed by atoms with Crippen LogP contribution < -0.4 is 5.32 Å². The summed E-state index contributed by atoms with van der Waals surface area (Å²) in [5.74, 6) is 0.264. The number of benzene rings is 2. The number of imidazole rings is 1. The topological polar surface area (TPSA) is 72.7 Å². The van der Waals surface area contributed by atoms with Gasteiger partial charge in [0.15, 0.2) is 0 Å². The average Bonchev–Trinajstić information content (AvgIpc) is 3.38. The quantitative estimate of drug-likeness (QED) is 0.243. The summed E-state index contributed by atoms with van der Waals surface area (Å²) < 4.78 is 20.3. The fraction of sp³-hybridized carbons (Fsp3) is 0.364. The average molecular weight is 542 g/mol. The number of esters is 1. The highest BCUT2D eigenvalue weighted by atomic mass is 19.1. The Kier molecular flexibility index (Phi) is 8.01. The Balaban J connectivity index is 1.24. The predicted molar refractivity (Wildman–Crippen MR) is 153 cm³/mol.